The third kappa shape index (κ3) is 3.69. The van der Waals surface area contributed by atoms with Gasteiger partial charge in [0.15, 0.2) is 0 Å². The number of hydrogen-bond acceptors (Lipinski definition) is 3. The predicted octanol–water partition coefficient (Wildman–Crippen LogP) is 1.04. The third-order valence-electron chi connectivity index (χ3n) is 4.69. The molecule has 7 heteroatoms. The highest BCUT2D eigenvalue weighted by Crippen LogP contribution is 2.28. The summed E-state index contributed by atoms with van der Waals surface area (Å²) in [6.07, 6.45) is 4.35. The molecule has 0 aromatic rings. The van der Waals surface area contributed by atoms with Crippen LogP contribution >= 0.6 is 0 Å². The second-order valence-corrected chi connectivity index (χ2v) is 6.22. The van der Waals surface area contributed by atoms with E-state index in [1.54, 1.807) is 9.80 Å². The predicted molar refractivity (Wildman–Crippen MR) is 80.4 cm³/mol. The van der Waals surface area contributed by atoms with Crippen molar-refractivity contribution in [3.8, 4) is 0 Å². The van der Waals surface area contributed by atoms with E-state index in [4.69, 9.17) is 0 Å². The molecular formula is C15H25N3O4. The van der Waals surface area contributed by atoms with Crippen LogP contribution in [0.5, 0.6) is 0 Å². The average molecular weight is 311 g/mol. The molecule has 0 spiro atoms. The van der Waals surface area contributed by atoms with Crippen LogP contribution in [0.25, 0.3) is 0 Å². The summed E-state index contributed by atoms with van der Waals surface area (Å²) in [5.74, 6) is -0.933. The summed E-state index contributed by atoms with van der Waals surface area (Å²) in [6.45, 7) is 3.66. The number of nitrogens with one attached hydrogen (secondary N) is 1. The molecule has 0 bridgehead atoms. The summed E-state index contributed by atoms with van der Waals surface area (Å²) in [6, 6.07) is -0.324. The van der Waals surface area contributed by atoms with Crippen LogP contribution in [0.1, 0.15) is 45.4 Å². The Hall–Kier alpha value is -1.79. The SMILES string of the molecule is CC(=O)N1CCCN(C(=O)NC2(C(=O)O)CCCCC2)CC1. The normalized spacial score (nSPS) is 21.9. The minimum atomic E-state index is -1.12. The number of rotatable bonds is 2. The smallest absolute Gasteiger partial charge is 0.329 e. The van der Waals surface area contributed by atoms with Gasteiger partial charge in [0, 0.05) is 33.1 Å². The molecule has 0 radical (unpaired) electrons. The summed E-state index contributed by atoms with van der Waals surface area (Å²) in [5.41, 5.74) is -1.12. The van der Waals surface area contributed by atoms with E-state index in [-0.39, 0.29) is 11.9 Å². The van der Waals surface area contributed by atoms with Crippen molar-refractivity contribution in [2.24, 2.45) is 0 Å². The highest BCUT2D eigenvalue weighted by atomic mass is 16.4. The number of urea groups is 1. The van der Waals surface area contributed by atoms with Crippen molar-refractivity contribution in [1.82, 2.24) is 15.1 Å². The Labute approximate surface area is 130 Å². The monoisotopic (exact) mass is 311 g/mol. The third-order valence-corrected chi connectivity index (χ3v) is 4.69. The second-order valence-electron chi connectivity index (χ2n) is 6.22. The highest BCUT2D eigenvalue weighted by Gasteiger charge is 2.41. The lowest BCUT2D eigenvalue weighted by Gasteiger charge is -2.36. The summed E-state index contributed by atoms with van der Waals surface area (Å²) >= 11 is 0. The first-order valence-electron chi connectivity index (χ1n) is 8.01. The van der Waals surface area contributed by atoms with E-state index in [1.165, 1.54) is 6.92 Å². The zero-order chi connectivity index (χ0) is 16.2. The number of nitrogens with zero attached hydrogens (tertiary/aromatic N) is 2. The van der Waals surface area contributed by atoms with Crippen molar-refractivity contribution in [3.05, 3.63) is 0 Å². The van der Waals surface area contributed by atoms with E-state index in [2.05, 4.69) is 5.32 Å². The van der Waals surface area contributed by atoms with Gasteiger partial charge in [0.1, 0.15) is 5.54 Å². The first-order chi connectivity index (χ1) is 10.4. The van der Waals surface area contributed by atoms with Crippen LogP contribution in [-0.2, 0) is 9.59 Å². The van der Waals surface area contributed by atoms with Crippen molar-refractivity contribution < 1.29 is 19.5 Å². The maximum Gasteiger partial charge on any atom is 0.329 e. The van der Waals surface area contributed by atoms with Crippen LogP contribution < -0.4 is 5.32 Å². The molecule has 1 aliphatic heterocycles. The number of aliphatic carboxylic acids is 1. The molecule has 1 heterocycles. The lowest BCUT2D eigenvalue weighted by atomic mass is 9.82. The van der Waals surface area contributed by atoms with E-state index in [0.717, 1.165) is 19.3 Å². The minimum Gasteiger partial charge on any atom is -0.480 e. The number of carbonyl (C=O) groups excluding carboxylic acids is 2. The Morgan fingerprint density at radius 2 is 1.50 bits per heavy atom. The molecule has 124 valence electrons. The van der Waals surface area contributed by atoms with Crippen LogP contribution in [0.3, 0.4) is 0 Å². The number of carboxylic acid groups (broad SMARTS) is 1. The molecule has 1 saturated heterocycles. The van der Waals surface area contributed by atoms with Gasteiger partial charge in [0.25, 0.3) is 0 Å². The number of amides is 3. The van der Waals surface area contributed by atoms with E-state index in [1.807, 2.05) is 0 Å². The number of hydrogen-bond donors (Lipinski definition) is 2. The van der Waals surface area contributed by atoms with Gasteiger partial charge in [-0.2, -0.15) is 0 Å². The quantitative estimate of drug-likeness (QED) is 0.797. The molecule has 0 atom stereocenters. The first-order valence-corrected chi connectivity index (χ1v) is 8.01. The second kappa shape index (κ2) is 6.98. The van der Waals surface area contributed by atoms with Gasteiger partial charge in [-0.05, 0) is 19.3 Å². The lowest BCUT2D eigenvalue weighted by molar-refractivity contribution is -0.146. The van der Waals surface area contributed by atoms with Gasteiger partial charge in [0.05, 0.1) is 0 Å². The molecule has 0 unspecified atom stereocenters. The van der Waals surface area contributed by atoms with Crippen molar-refractivity contribution in [2.75, 3.05) is 26.2 Å². The molecule has 1 saturated carbocycles. The van der Waals surface area contributed by atoms with E-state index in [9.17, 15) is 19.5 Å². The van der Waals surface area contributed by atoms with Gasteiger partial charge in [-0.3, -0.25) is 4.79 Å². The molecule has 2 fully saturated rings. The molecule has 2 aliphatic rings. The standard InChI is InChI=1S/C15H25N3O4/c1-12(19)17-8-5-9-18(11-10-17)14(22)16-15(13(20)21)6-3-2-4-7-15/h2-11H2,1H3,(H,16,22)(H,20,21). The van der Waals surface area contributed by atoms with Gasteiger partial charge in [-0.1, -0.05) is 19.3 Å². The van der Waals surface area contributed by atoms with Crippen LogP contribution in [0.15, 0.2) is 0 Å². The van der Waals surface area contributed by atoms with Gasteiger partial charge in [-0.15, -0.1) is 0 Å². The lowest BCUT2D eigenvalue weighted by Crippen LogP contribution is -2.59. The summed E-state index contributed by atoms with van der Waals surface area (Å²) < 4.78 is 0. The molecule has 0 aromatic heterocycles. The van der Waals surface area contributed by atoms with Crippen molar-refractivity contribution in [1.29, 1.82) is 0 Å². The minimum absolute atomic E-state index is 0.0107. The molecule has 2 N–H and O–H groups in total. The fourth-order valence-corrected chi connectivity index (χ4v) is 3.27. The van der Waals surface area contributed by atoms with Crippen molar-refractivity contribution in [2.45, 2.75) is 51.0 Å². The zero-order valence-electron chi connectivity index (χ0n) is 13.1. The van der Waals surface area contributed by atoms with Gasteiger partial charge in [0.2, 0.25) is 5.91 Å². The maximum atomic E-state index is 12.5. The molecule has 1 aliphatic carbocycles. The Bertz CT molecular complexity index is 446. The molecule has 2 rings (SSSR count). The summed E-state index contributed by atoms with van der Waals surface area (Å²) in [5, 5.41) is 12.3. The molecule has 22 heavy (non-hydrogen) atoms. The molecular weight excluding hydrogens is 286 g/mol. The fourth-order valence-electron chi connectivity index (χ4n) is 3.27. The Kier molecular flexibility index (Phi) is 5.26. The topological polar surface area (TPSA) is 90.0 Å². The van der Waals surface area contributed by atoms with Gasteiger partial charge >= 0.3 is 12.0 Å². The molecule has 0 aromatic carbocycles. The number of carbonyl (C=O) groups is 3. The van der Waals surface area contributed by atoms with E-state index < -0.39 is 11.5 Å². The maximum absolute atomic E-state index is 12.5. The summed E-state index contributed by atoms with van der Waals surface area (Å²) in [7, 11) is 0. The van der Waals surface area contributed by atoms with Crippen LogP contribution in [0.4, 0.5) is 4.79 Å². The van der Waals surface area contributed by atoms with Gasteiger partial charge < -0.3 is 20.2 Å². The van der Waals surface area contributed by atoms with Gasteiger partial charge in [-0.25, -0.2) is 9.59 Å². The van der Waals surface area contributed by atoms with Crippen LogP contribution in [-0.4, -0.2) is 64.5 Å². The zero-order valence-corrected chi connectivity index (χ0v) is 13.1. The van der Waals surface area contributed by atoms with Crippen molar-refractivity contribution >= 4 is 17.9 Å². The molecule has 3 amide bonds. The Balaban J connectivity index is 1.98. The van der Waals surface area contributed by atoms with Crippen LogP contribution in [0.2, 0.25) is 0 Å². The van der Waals surface area contributed by atoms with E-state index in [0.29, 0.717) is 45.4 Å². The number of carboxylic acids is 1. The van der Waals surface area contributed by atoms with Crippen molar-refractivity contribution in [3.63, 3.8) is 0 Å². The highest BCUT2D eigenvalue weighted by molar-refractivity contribution is 5.86. The summed E-state index contributed by atoms with van der Waals surface area (Å²) in [4.78, 5) is 38.8. The van der Waals surface area contributed by atoms with Crippen LogP contribution in [0, 0.1) is 0 Å². The molecule has 7 nitrogen and oxygen atoms in total. The fraction of sp³-hybridized carbons (Fsp3) is 0.800. The average Bonchev–Trinajstić information content (AvgIpc) is 2.74. The first kappa shape index (κ1) is 16.6. The van der Waals surface area contributed by atoms with E-state index >= 15 is 0 Å². The largest absolute Gasteiger partial charge is 0.480 e. The Morgan fingerprint density at radius 3 is 2.09 bits per heavy atom. The Morgan fingerprint density at radius 1 is 0.909 bits per heavy atom.